The van der Waals surface area contributed by atoms with Gasteiger partial charge in [0.05, 0.1) is 6.20 Å². The second-order valence-electron chi connectivity index (χ2n) is 4.15. The van der Waals surface area contributed by atoms with Gasteiger partial charge >= 0.3 is 0 Å². The van der Waals surface area contributed by atoms with Crippen LogP contribution in [0.3, 0.4) is 0 Å². The monoisotopic (exact) mass is 236 g/mol. The second-order valence-corrected chi connectivity index (χ2v) is 5.13. The van der Waals surface area contributed by atoms with Crippen molar-refractivity contribution in [1.82, 2.24) is 10.5 Å². The van der Waals surface area contributed by atoms with Crippen LogP contribution in [0.25, 0.3) is 0 Å². The first-order chi connectivity index (χ1) is 7.77. The molecule has 1 atom stereocenters. The van der Waals surface area contributed by atoms with E-state index in [-0.39, 0.29) is 0 Å². The minimum Gasteiger partial charge on any atom is -0.364 e. The summed E-state index contributed by atoms with van der Waals surface area (Å²) >= 11 is 1.79. The summed E-state index contributed by atoms with van der Waals surface area (Å²) in [6.07, 6.45) is 3.43. The van der Waals surface area contributed by atoms with Gasteiger partial charge in [-0.15, -0.1) is 11.3 Å². The predicted molar refractivity (Wildman–Crippen MR) is 65.2 cm³/mol. The highest BCUT2D eigenvalue weighted by atomic mass is 32.1. The summed E-state index contributed by atoms with van der Waals surface area (Å²) in [7, 11) is 0. The molecule has 0 spiro atoms. The van der Waals surface area contributed by atoms with Crippen molar-refractivity contribution < 1.29 is 4.52 Å². The van der Waals surface area contributed by atoms with Gasteiger partial charge in [0, 0.05) is 23.0 Å². The van der Waals surface area contributed by atoms with Crippen LogP contribution in [0, 0.1) is 5.92 Å². The van der Waals surface area contributed by atoms with Crippen molar-refractivity contribution in [2.45, 2.75) is 26.4 Å². The van der Waals surface area contributed by atoms with E-state index in [0.29, 0.717) is 12.0 Å². The van der Waals surface area contributed by atoms with Crippen molar-refractivity contribution in [3.63, 3.8) is 0 Å². The van der Waals surface area contributed by atoms with E-state index in [1.165, 1.54) is 4.88 Å². The van der Waals surface area contributed by atoms with Crippen LogP contribution in [0.5, 0.6) is 0 Å². The summed E-state index contributed by atoms with van der Waals surface area (Å²) in [6, 6.07) is 4.67. The molecule has 0 aliphatic carbocycles. The molecule has 0 aliphatic heterocycles. The predicted octanol–water partition coefficient (Wildman–Crippen LogP) is 3.22. The summed E-state index contributed by atoms with van der Waals surface area (Å²) in [5, 5.41) is 9.35. The maximum Gasteiger partial charge on any atom is 0.128 e. The fourth-order valence-corrected chi connectivity index (χ4v) is 2.65. The number of hydrogen-bond donors (Lipinski definition) is 1. The smallest absolute Gasteiger partial charge is 0.128 e. The average Bonchev–Trinajstić information content (AvgIpc) is 2.88. The largest absolute Gasteiger partial charge is 0.364 e. The third-order valence-electron chi connectivity index (χ3n) is 2.53. The summed E-state index contributed by atoms with van der Waals surface area (Å²) in [5.41, 5.74) is 1.09. The third kappa shape index (κ3) is 2.71. The van der Waals surface area contributed by atoms with Gasteiger partial charge in [-0.2, -0.15) is 0 Å². The van der Waals surface area contributed by atoms with E-state index >= 15 is 0 Å². The molecule has 3 nitrogen and oxygen atoms in total. The molecule has 0 bridgehead atoms. The van der Waals surface area contributed by atoms with Crippen molar-refractivity contribution in [3.05, 3.63) is 40.4 Å². The molecule has 0 amide bonds. The first-order valence-corrected chi connectivity index (χ1v) is 6.30. The highest BCUT2D eigenvalue weighted by Crippen LogP contribution is 2.25. The van der Waals surface area contributed by atoms with E-state index in [1.54, 1.807) is 23.8 Å². The van der Waals surface area contributed by atoms with Gasteiger partial charge in [-0.1, -0.05) is 25.1 Å². The van der Waals surface area contributed by atoms with Gasteiger partial charge in [0.2, 0.25) is 0 Å². The Morgan fingerprint density at radius 2 is 2.38 bits per heavy atom. The second kappa shape index (κ2) is 5.27. The van der Waals surface area contributed by atoms with Crippen molar-refractivity contribution in [2.75, 3.05) is 0 Å². The van der Waals surface area contributed by atoms with Crippen LogP contribution in [0.15, 0.2) is 34.5 Å². The minimum atomic E-state index is 0.398. The van der Waals surface area contributed by atoms with Gasteiger partial charge in [-0.05, 0) is 17.4 Å². The Morgan fingerprint density at radius 3 is 2.94 bits per heavy atom. The average molecular weight is 236 g/mol. The lowest BCUT2D eigenvalue weighted by molar-refractivity contribution is 0.408. The lowest BCUT2D eigenvalue weighted by atomic mass is 10.0. The van der Waals surface area contributed by atoms with Crippen LogP contribution < -0.4 is 5.32 Å². The number of thiophene rings is 1. The molecule has 0 radical (unpaired) electrons. The summed E-state index contributed by atoms with van der Waals surface area (Å²) in [6.45, 7) is 5.25. The van der Waals surface area contributed by atoms with E-state index in [1.807, 2.05) is 0 Å². The van der Waals surface area contributed by atoms with Crippen molar-refractivity contribution in [3.8, 4) is 0 Å². The zero-order valence-corrected chi connectivity index (χ0v) is 10.3. The van der Waals surface area contributed by atoms with Crippen LogP contribution in [0.4, 0.5) is 0 Å². The third-order valence-corrected chi connectivity index (χ3v) is 3.48. The Hall–Kier alpha value is -1.13. The molecule has 2 rings (SSSR count). The molecule has 4 heteroatoms. The maximum absolute atomic E-state index is 4.81. The maximum atomic E-state index is 4.81. The molecular formula is C12H16N2OS. The number of hydrogen-bond acceptors (Lipinski definition) is 4. The SMILES string of the molecule is CC(C)C(NCc1cnoc1)c1cccs1. The van der Waals surface area contributed by atoms with Gasteiger partial charge < -0.3 is 9.84 Å². The first-order valence-electron chi connectivity index (χ1n) is 5.42. The first kappa shape index (κ1) is 11.4. The van der Waals surface area contributed by atoms with Gasteiger partial charge in [0.15, 0.2) is 0 Å². The Bertz CT molecular complexity index is 395. The molecule has 2 heterocycles. The van der Waals surface area contributed by atoms with E-state index in [9.17, 15) is 0 Å². The van der Waals surface area contributed by atoms with Gasteiger partial charge in [-0.25, -0.2) is 0 Å². The molecule has 0 saturated heterocycles. The fraction of sp³-hybridized carbons (Fsp3) is 0.417. The minimum absolute atomic E-state index is 0.398. The van der Waals surface area contributed by atoms with E-state index in [4.69, 9.17) is 4.52 Å². The summed E-state index contributed by atoms with van der Waals surface area (Å²) < 4.78 is 4.81. The molecule has 86 valence electrons. The highest BCUT2D eigenvalue weighted by Gasteiger charge is 2.16. The quantitative estimate of drug-likeness (QED) is 0.866. The molecule has 16 heavy (non-hydrogen) atoms. The number of aromatic nitrogens is 1. The van der Waals surface area contributed by atoms with Crippen molar-refractivity contribution in [2.24, 2.45) is 5.92 Å². The molecule has 0 aliphatic rings. The zero-order chi connectivity index (χ0) is 11.4. The van der Waals surface area contributed by atoms with Crippen molar-refractivity contribution >= 4 is 11.3 Å². The van der Waals surface area contributed by atoms with Crippen LogP contribution in [0.2, 0.25) is 0 Å². The van der Waals surface area contributed by atoms with Crippen molar-refractivity contribution in [1.29, 1.82) is 0 Å². The van der Waals surface area contributed by atoms with Crippen LogP contribution in [0.1, 0.15) is 30.3 Å². The van der Waals surface area contributed by atoms with Gasteiger partial charge in [0.25, 0.3) is 0 Å². The summed E-state index contributed by atoms with van der Waals surface area (Å²) in [4.78, 5) is 1.38. The topological polar surface area (TPSA) is 38.1 Å². The number of nitrogens with one attached hydrogen (secondary N) is 1. The number of nitrogens with zero attached hydrogens (tertiary/aromatic N) is 1. The normalized spacial score (nSPS) is 13.2. The molecule has 0 saturated carbocycles. The molecular weight excluding hydrogens is 220 g/mol. The molecule has 1 unspecified atom stereocenters. The van der Waals surface area contributed by atoms with Crippen LogP contribution in [-0.4, -0.2) is 5.16 Å². The highest BCUT2D eigenvalue weighted by molar-refractivity contribution is 7.10. The lowest BCUT2D eigenvalue weighted by Crippen LogP contribution is -2.24. The zero-order valence-electron chi connectivity index (χ0n) is 9.51. The number of rotatable bonds is 5. The Kier molecular flexibility index (Phi) is 3.74. The van der Waals surface area contributed by atoms with Gasteiger partial charge in [0.1, 0.15) is 6.26 Å². The van der Waals surface area contributed by atoms with E-state index in [2.05, 4.69) is 41.8 Å². The summed E-state index contributed by atoms with van der Waals surface area (Å²) in [5.74, 6) is 0.568. The molecule has 0 aromatic carbocycles. The van der Waals surface area contributed by atoms with Gasteiger partial charge in [-0.3, -0.25) is 0 Å². The van der Waals surface area contributed by atoms with E-state index in [0.717, 1.165) is 12.1 Å². The lowest BCUT2D eigenvalue weighted by Gasteiger charge is -2.20. The standard InChI is InChI=1S/C12H16N2OS/c1-9(2)12(11-4-3-5-16-11)13-6-10-7-14-15-8-10/h3-5,7-9,12-13H,6H2,1-2H3. The Morgan fingerprint density at radius 1 is 1.50 bits per heavy atom. The Balaban J connectivity index is 1.99. The molecule has 1 N–H and O–H groups in total. The van der Waals surface area contributed by atoms with E-state index < -0.39 is 0 Å². The Labute approximate surface area is 99.5 Å². The van der Waals surface area contributed by atoms with Crippen LogP contribution >= 0.6 is 11.3 Å². The molecule has 0 fully saturated rings. The fourth-order valence-electron chi connectivity index (χ4n) is 1.67. The molecule has 2 aromatic heterocycles. The van der Waals surface area contributed by atoms with Crippen LogP contribution in [-0.2, 0) is 6.54 Å². The molecule has 2 aromatic rings.